The predicted octanol–water partition coefficient (Wildman–Crippen LogP) is 6.10. The molecule has 0 bridgehead atoms. The first-order valence-electron chi connectivity index (χ1n) is 11.1. The van der Waals surface area contributed by atoms with Gasteiger partial charge in [-0.1, -0.05) is 99.7 Å². The molecule has 0 radical (unpaired) electrons. The second-order valence-electron chi connectivity index (χ2n) is 8.02. The third kappa shape index (κ3) is 7.75. The summed E-state index contributed by atoms with van der Waals surface area (Å²) in [6, 6.07) is 21.1. The molecule has 0 amide bonds. The molecule has 162 valence electrons. The number of benzene rings is 2. The first-order chi connectivity index (χ1) is 14.5. The van der Waals surface area contributed by atoms with Crippen LogP contribution < -0.4 is 5.32 Å². The van der Waals surface area contributed by atoms with Crippen LogP contribution in [0.2, 0.25) is 0 Å². The molecule has 2 aromatic rings. The van der Waals surface area contributed by atoms with Crippen molar-refractivity contribution in [1.29, 1.82) is 0 Å². The molecule has 4 heteroatoms. The van der Waals surface area contributed by atoms with Crippen molar-refractivity contribution in [1.82, 2.24) is 5.32 Å². The largest absolute Gasteiger partial charge is 0.481 e. The Balaban J connectivity index is 0.000000735. The van der Waals surface area contributed by atoms with E-state index in [1.54, 1.807) is 0 Å². The SMILES string of the molecule is CC(=O)O.CCCCCCCC1C(=O)CC(c2ccccc2)NC1c1ccccc1. The van der Waals surface area contributed by atoms with Gasteiger partial charge in [-0.05, 0) is 17.5 Å². The lowest BCUT2D eigenvalue weighted by Gasteiger charge is -2.37. The van der Waals surface area contributed by atoms with Crippen LogP contribution in [0, 0.1) is 5.92 Å². The van der Waals surface area contributed by atoms with Crippen LogP contribution in [-0.2, 0) is 9.59 Å². The number of rotatable bonds is 8. The van der Waals surface area contributed by atoms with Gasteiger partial charge in [0.05, 0.1) is 0 Å². The first kappa shape index (κ1) is 23.8. The van der Waals surface area contributed by atoms with Crippen LogP contribution in [-0.4, -0.2) is 16.9 Å². The number of Topliss-reactive ketones (excluding diaryl/α,β-unsaturated/α-hetero) is 1. The predicted molar refractivity (Wildman–Crippen MR) is 121 cm³/mol. The molecule has 2 aromatic carbocycles. The average Bonchev–Trinajstić information content (AvgIpc) is 2.75. The van der Waals surface area contributed by atoms with E-state index in [9.17, 15) is 4.79 Å². The van der Waals surface area contributed by atoms with Crippen molar-refractivity contribution in [3.05, 3.63) is 71.8 Å². The maximum absolute atomic E-state index is 13.0. The minimum Gasteiger partial charge on any atom is -0.481 e. The van der Waals surface area contributed by atoms with Gasteiger partial charge in [0.25, 0.3) is 5.97 Å². The second-order valence-corrected chi connectivity index (χ2v) is 8.02. The van der Waals surface area contributed by atoms with E-state index in [1.165, 1.54) is 36.8 Å². The smallest absolute Gasteiger partial charge is 0.300 e. The van der Waals surface area contributed by atoms with Crippen molar-refractivity contribution in [2.24, 2.45) is 5.92 Å². The van der Waals surface area contributed by atoms with Crippen LogP contribution in [0.1, 0.15) is 82.0 Å². The van der Waals surface area contributed by atoms with E-state index in [-0.39, 0.29) is 18.0 Å². The summed E-state index contributed by atoms with van der Waals surface area (Å²) in [7, 11) is 0. The normalized spacial score (nSPS) is 20.9. The molecule has 3 rings (SSSR count). The minimum atomic E-state index is -0.833. The number of hydrogen-bond donors (Lipinski definition) is 2. The van der Waals surface area contributed by atoms with Gasteiger partial charge >= 0.3 is 0 Å². The molecule has 1 fully saturated rings. The Kier molecular flexibility index (Phi) is 10.3. The van der Waals surface area contributed by atoms with Crippen LogP contribution in [0.3, 0.4) is 0 Å². The van der Waals surface area contributed by atoms with Gasteiger partial charge in [0.1, 0.15) is 5.78 Å². The Labute approximate surface area is 180 Å². The Morgan fingerprint density at radius 3 is 2.03 bits per heavy atom. The quantitative estimate of drug-likeness (QED) is 0.517. The number of carbonyl (C=O) groups excluding carboxylic acids is 1. The number of piperidine rings is 1. The molecule has 1 aliphatic heterocycles. The van der Waals surface area contributed by atoms with Crippen LogP contribution in [0.5, 0.6) is 0 Å². The van der Waals surface area contributed by atoms with E-state index in [0.29, 0.717) is 12.2 Å². The standard InChI is InChI=1S/C24H31NO.C2H4O2/c1-2-3-4-5-12-17-21-23(26)18-22(19-13-8-6-9-14-19)25-24(21)20-15-10-7-11-16-20;1-2(3)4/h6-11,13-16,21-22,24-25H,2-5,12,17-18H2,1H3;1H3,(H,3,4). The molecule has 0 aliphatic carbocycles. The van der Waals surface area contributed by atoms with Crippen LogP contribution >= 0.6 is 0 Å². The molecule has 1 heterocycles. The zero-order valence-electron chi connectivity index (χ0n) is 18.2. The van der Waals surface area contributed by atoms with E-state index >= 15 is 0 Å². The lowest BCUT2D eigenvalue weighted by molar-refractivity contribution is -0.134. The highest BCUT2D eigenvalue weighted by atomic mass is 16.4. The Morgan fingerprint density at radius 1 is 0.933 bits per heavy atom. The lowest BCUT2D eigenvalue weighted by Crippen LogP contribution is -2.42. The molecular formula is C26H35NO3. The fourth-order valence-corrected chi connectivity index (χ4v) is 4.11. The number of ketones is 1. The third-order valence-corrected chi connectivity index (χ3v) is 5.58. The summed E-state index contributed by atoms with van der Waals surface area (Å²) in [4.78, 5) is 22.0. The summed E-state index contributed by atoms with van der Waals surface area (Å²) in [6.07, 6.45) is 7.83. The van der Waals surface area contributed by atoms with Crippen molar-refractivity contribution in [3.63, 3.8) is 0 Å². The molecular weight excluding hydrogens is 374 g/mol. The van der Waals surface area contributed by atoms with E-state index in [2.05, 4.69) is 60.8 Å². The summed E-state index contributed by atoms with van der Waals surface area (Å²) in [6.45, 7) is 3.32. The van der Waals surface area contributed by atoms with Crippen LogP contribution in [0.15, 0.2) is 60.7 Å². The average molecular weight is 410 g/mol. The minimum absolute atomic E-state index is 0.0963. The summed E-state index contributed by atoms with van der Waals surface area (Å²) in [5.74, 6) is -0.319. The monoisotopic (exact) mass is 409 g/mol. The molecule has 3 unspecified atom stereocenters. The second kappa shape index (κ2) is 13.0. The van der Waals surface area contributed by atoms with Crippen molar-refractivity contribution in [2.45, 2.75) is 70.9 Å². The van der Waals surface area contributed by atoms with Crippen molar-refractivity contribution < 1.29 is 14.7 Å². The van der Waals surface area contributed by atoms with Gasteiger partial charge in [0.2, 0.25) is 0 Å². The summed E-state index contributed by atoms with van der Waals surface area (Å²) >= 11 is 0. The molecule has 0 saturated carbocycles. The van der Waals surface area contributed by atoms with E-state index in [0.717, 1.165) is 19.8 Å². The van der Waals surface area contributed by atoms with Gasteiger partial charge < -0.3 is 10.4 Å². The summed E-state index contributed by atoms with van der Waals surface area (Å²) < 4.78 is 0. The zero-order chi connectivity index (χ0) is 21.8. The van der Waals surface area contributed by atoms with E-state index in [1.807, 2.05) is 12.1 Å². The third-order valence-electron chi connectivity index (χ3n) is 5.58. The molecule has 4 nitrogen and oxygen atoms in total. The number of carboxylic acids is 1. The van der Waals surface area contributed by atoms with Gasteiger partial charge in [-0.3, -0.25) is 9.59 Å². The highest BCUT2D eigenvalue weighted by molar-refractivity contribution is 5.83. The highest BCUT2D eigenvalue weighted by Gasteiger charge is 2.36. The fraction of sp³-hybridized carbons (Fsp3) is 0.462. The molecule has 1 aliphatic rings. The van der Waals surface area contributed by atoms with Crippen molar-refractivity contribution in [3.8, 4) is 0 Å². The maximum atomic E-state index is 13.0. The van der Waals surface area contributed by atoms with Gasteiger partial charge in [-0.25, -0.2) is 0 Å². The molecule has 0 spiro atoms. The van der Waals surface area contributed by atoms with E-state index < -0.39 is 5.97 Å². The number of hydrogen-bond acceptors (Lipinski definition) is 3. The molecule has 0 aromatic heterocycles. The highest BCUT2D eigenvalue weighted by Crippen LogP contribution is 2.37. The maximum Gasteiger partial charge on any atom is 0.300 e. The van der Waals surface area contributed by atoms with Gasteiger partial charge in [-0.2, -0.15) is 0 Å². The molecule has 1 saturated heterocycles. The van der Waals surface area contributed by atoms with Crippen LogP contribution in [0.4, 0.5) is 0 Å². The zero-order valence-corrected chi connectivity index (χ0v) is 18.2. The Bertz CT molecular complexity index is 756. The van der Waals surface area contributed by atoms with Gasteiger partial charge in [0, 0.05) is 31.3 Å². The number of unbranched alkanes of at least 4 members (excludes halogenated alkanes) is 4. The number of carbonyl (C=O) groups is 2. The number of nitrogens with one attached hydrogen (secondary N) is 1. The Morgan fingerprint density at radius 2 is 1.47 bits per heavy atom. The topological polar surface area (TPSA) is 66.4 Å². The van der Waals surface area contributed by atoms with E-state index in [4.69, 9.17) is 9.90 Å². The van der Waals surface area contributed by atoms with Gasteiger partial charge in [0.15, 0.2) is 0 Å². The van der Waals surface area contributed by atoms with Gasteiger partial charge in [-0.15, -0.1) is 0 Å². The molecule has 2 N–H and O–H groups in total. The van der Waals surface area contributed by atoms with Crippen molar-refractivity contribution >= 4 is 11.8 Å². The lowest BCUT2D eigenvalue weighted by atomic mass is 9.78. The Hall–Kier alpha value is -2.46. The molecule has 3 atom stereocenters. The number of aliphatic carboxylic acids is 1. The number of carboxylic acid groups (broad SMARTS) is 1. The van der Waals surface area contributed by atoms with Crippen LogP contribution in [0.25, 0.3) is 0 Å². The first-order valence-corrected chi connectivity index (χ1v) is 11.1. The summed E-state index contributed by atoms with van der Waals surface area (Å²) in [5, 5.41) is 11.2. The molecule has 30 heavy (non-hydrogen) atoms. The van der Waals surface area contributed by atoms with Crippen molar-refractivity contribution in [2.75, 3.05) is 0 Å². The fourth-order valence-electron chi connectivity index (χ4n) is 4.11. The summed E-state index contributed by atoms with van der Waals surface area (Å²) in [5.41, 5.74) is 2.45.